The Labute approximate surface area is 127 Å². The summed E-state index contributed by atoms with van der Waals surface area (Å²) in [6, 6.07) is 8.02. The number of hydrogen-bond donors (Lipinski definition) is 1. The number of para-hydroxylation sites is 2. The second kappa shape index (κ2) is 5.16. The highest BCUT2D eigenvalue weighted by Crippen LogP contribution is 2.38. The molecular formula is C15H15ClN4O. The lowest BCUT2D eigenvalue weighted by molar-refractivity contribution is 0.313. The maximum Gasteiger partial charge on any atom is 0.224 e. The fourth-order valence-electron chi connectivity index (χ4n) is 2.91. The van der Waals surface area contributed by atoms with Gasteiger partial charge in [-0.1, -0.05) is 12.1 Å². The smallest absolute Gasteiger partial charge is 0.224 e. The van der Waals surface area contributed by atoms with Gasteiger partial charge in [-0.25, -0.2) is 4.98 Å². The number of benzene rings is 1. The van der Waals surface area contributed by atoms with Crippen molar-refractivity contribution in [2.45, 2.75) is 13.0 Å². The number of aromatic nitrogens is 2. The van der Waals surface area contributed by atoms with Crippen molar-refractivity contribution in [3.63, 3.8) is 0 Å². The molecule has 21 heavy (non-hydrogen) atoms. The van der Waals surface area contributed by atoms with Gasteiger partial charge in [-0.3, -0.25) is 0 Å². The SMILES string of the molecule is Clc1nc2c(c(N3CCOc4ccccc43)n1)CNCC2. The van der Waals surface area contributed by atoms with Crippen LogP contribution in [0.5, 0.6) is 5.75 Å². The van der Waals surface area contributed by atoms with Crippen molar-refractivity contribution in [3.8, 4) is 5.75 Å². The number of hydrogen-bond acceptors (Lipinski definition) is 5. The van der Waals surface area contributed by atoms with Crippen LogP contribution in [0.15, 0.2) is 24.3 Å². The van der Waals surface area contributed by atoms with Crippen molar-refractivity contribution in [1.29, 1.82) is 0 Å². The summed E-state index contributed by atoms with van der Waals surface area (Å²) in [7, 11) is 0. The Balaban J connectivity index is 1.86. The Morgan fingerprint density at radius 2 is 2.14 bits per heavy atom. The molecule has 4 rings (SSSR count). The largest absolute Gasteiger partial charge is 0.490 e. The number of nitrogens with one attached hydrogen (secondary N) is 1. The topological polar surface area (TPSA) is 50.3 Å². The predicted molar refractivity (Wildman–Crippen MR) is 81.4 cm³/mol. The summed E-state index contributed by atoms with van der Waals surface area (Å²) < 4.78 is 5.72. The molecule has 0 amide bonds. The van der Waals surface area contributed by atoms with Crippen LogP contribution in [-0.2, 0) is 13.0 Å². The maximum absolute atomic E-state index is 6.13. The molecule has 1 aromatic carbocycles. The van der Waals surface area contributed by atoms with E-state index in [1.807, 2.05) is 24.3 Å². The fourth-order valence-corrected chi connectivity index (χ4v) is 3.09. The number of anilines is 2. The van der Waals surface area contributed by atoms with E-state index in [4.69, 9.17) is 16.3 Å². The molecule has 1 aromatic heterocycles. The zero-order chi connectivity index (χ0) is 14.2. The van der Waals surface area contributed by atoms with Gasteiger partial charge in [-0.2, -0.15) is 4.98 Å². The van der Waals surface area contributed by atoms with Gasteiger partial charge in [0, 0.05) is 25.1 Å². The molecule has 0 unspecified atom stereocenters. The summed E-state index contributed by atoms with van der Waals surface area (Å²) >= 11 is 6.13. The van der Waals surface area contributed by atoms with Crippen LogP contribution in [0.2, 0.25) is 5.28 Å². The molecule has 3 heterocycles. The van der Waals surface area contributed by atoms with Gasteiger partial charge in [-0.05, 0) is 23.7 Å². The molecule has 0 radical (unpaired) electrons. The van der Waals surface area contributed by atoms with E-state index in [0.29, 0.717) is 11.9 Å². The molecule has 0 saturated heterocycles. The fraction of sp³-hybridized carbons (Fsp3) is 0.333. The van der Waals surface area contributed by atoms with Crippen LogP contribution in [0.3, 0.4) is 0 Å². The molecule has 2 aliphatic heterocycles. The quantitative estimate of drug-likeness (QED) is 0.819. The molecule has 0 spiro atoms. The summed E-state index contributed by atoms with van der Waals surface area (Å²) in [5, 5.41) is 3.70. The van der Waals surface area contributed by atoms with Crippen LogP contribution < -0.4 is 15.0 Å². The second-order valence-corrected chi connectivity index (χ2v) is 5.47. The van der Waals surface area contributed by atoms with Gasteiger partial charge in [-0.15, -0.1) is 0 Å². The summed E-state index contributed by atoms with van der Waals surface area (Å²) in [6.45, 7) is 3.11. The average molecular weight is 303 g/mol. The highest BCUT2D eigenvalue weighted by molar-refractivity contribution is 6.28. The first-order valence-electron chi connectivity index (χ1n) is 7.08. The zero-order valence-corrected chi connectivity index (χ0v) is 12.2. The Morgan fingerprint density at radius 1 is 1.24 bits per heavy atom. The predicted octanol–water partition coefficient (Wildman–Crippen LogP) is 2.31. The lowest BCUT2D eigenvalue weighted by Crippen LogP contribution is -2.33. The first-order chi connectivity index (χ1) is 10.3. The van der Waals surface area contributed by atoms with Gasteiger partial charge < -0.3 is 15.0 Å². The molecule has 108 valence electrons. The molecule has 0 fully saturated rings. The summed E-state index contributed by atoms with van der Waals surface area (Å²) in [5.74, 6) is 1.78. The van der Waals surface area contributed by atoms with Crippen LogP contribution >= 0.6 is 11.6 Å². The molecule has 0 aliphatic carbocycles. The lowest BCUT2D eigenvalue weighted by atomic mass is 10.1. The number of rotatable bonds is 1. The van der Waals surface area contributed by atoms with Crippen LogP contribution in [0.25, 0.3) is 0 Å². The van der Waals surface area contributed by atoms with Crippen LogP contribution in [0.4, 0.5) is 11.5 Å². The highest BCUT2D eigenvalue weighted by Gasteiger charge is 2.26. The van der Waals surface area contributed by atoms with Crippen molar-refractivity contribution >= 4 is 23.1 Å². The van der Waals surface area contributed by atoms with Gasteiger partial charge >= 0.3 is 0 Å². The molecule has 0 bridgehead atoms. The summed E-state index contributed by atoms with van der Waals surface area (Å²) in [5.41, 5.74) is 3.22. The Morgan fingerprint density at radius 3 is 3.10 bits per heavy atom. The zero-order valence-electron chi connectivity index (χ0n) is 11.5. The Hall–Kier alpha value is -1.85. The second-order valence-electron chi connectivity index (χ2n) is 5.14. The molecule has 6 heteroatoms. The molecule has 2 aromatic rings. The number of fused-ring (bicyclic) bond motifs is 2. The van der Waals surface area contributed by atoms with Crippen molar-refractivity contribution in [3.05, 3.63) is 40.8 Å². The number of ether oxygens (including phenoxy) is 1. The molecule has 1 N–H and O–H groups in total. The van der Waals surface area contributed by atoms with Gasteiger partial charge in [0.05, 0.1) is 17.9 Å². The molecule has 5 nitrogen and oxygen atoms in total. The Kier molecular flexibility index (Phi) is 3.16. The average Bonchev–Trinajstić information content (AvgIpc) is 2.53. The number of nitrogens with zero attached hydrogens (tertiary/aromatic N) is 3. The normalized spacial score (nSPS) is 16.9. The van der Waals surface area contributed by atoms with Crippen LogP contribution in [0.1, 0.15) is 11.3 Å². The molecule has 0 atom stereocenters. The van der Waals surface area contributed by atoms with Gasteiger partial charge in [0.25, 0.3) is 0 Å². The lowest BCUT2D eigenvalue weighted by Gasteiger charge is -2.32. The molecule has 2 aliphatic rings. The van der Waals surface area contributed by atoms with Crippen molar-refractivity contribution in [2.24, 2.45) is 0 Å². The van der Waals surface area contributed by atoms with E-state index in [9.17, 15) is 0 Å². The van der Waals surface area contributed by atoms with Gasteiger partial charge in [0.1, 0.15) is 18.2 Å². The van der Waals surface area contributed by atoms with E-state index in [0.717, 1.165) is 54.6 Å². The standard InChI is InChI=1S/C15H15ClN4O/c16-15-18-11-5-6-17-9-10(11)14(19-15)20-7-8-21-13-4-2-1-3-12(13)20/h1-4,17H,5-9H2. The molecule has 0 saturated carbocycles. The summed E-state index contributed by atoms with van der Waals surface area (Å²) in [6.07, 6.45) is 0.885. The monoisotopic (exact) mass is 302 g/mol. The highest BCUT2D eigenvalue weighted by atomic mass is 35.5. The van der Waals surface area contributed by atoms with Crippen LogP contribution in [-0.4, -0.2) is 29.7 Å². The molecular weight excluding hydrogens is 288 g/mol. The van der Waals surface area contributed by atoms with E-state index in [1.165, 1.54) is 0 Å². The van der Waals surface area contributed by atoms with E-state index in [2.05, 4.69) is 20.2 Å². The van der Waals surface area contributed by atoms with E-state index in [-0.39, 0.29) is 0 Å². The first-order valence-corrected chi connectivity index (χ1v) is 7.46. The van der Waals surface area contributed by atoms with E-state index in [1.54, 1.807) is 0 Å². The third kappa shape index (κ3) is 2.22. The minimum Gasteiger partial charge on any atom is -0.490 e. The van der Waals surface area contributed by atoms with Gasteiger partial charge in [0.2, 0.25) is 5.28 Å². The Bertz CT molecular complexity index is 691. The van der Waals surface area contributed by atoms with Crippen LogP contribution in [0, 0.1) is 0 Å². The minimum atomic E-state index is 0.314. The number of halogens is 1. The third-order valence-electron chi connectivity index (χ3n) is 3.87. The third-order valence-corrected chi connectivity index (χ3v) is 4.04. The summed E-state index contributed by atoms with van der Waals surface area (Å²) in [4.78, 5) is 11.1. The maximum atomic E-state index is 6.13. The first kappa shape index (κ1) is 12.9. The van der Waals surface area contributed by atoms with Crippen molar-refractivity contribution in [2.75, 3.05) is 24.6 Å². The van der Waals surface area contributed by atoms with E-state index < -0.39 is 0 Å². The van der Waals surface area contributed by atoms with Crippen molar-refractivity contribution in [1.82, 2.24) is 15.3 Å². The van der Waals surface area contributed by atoms with Crippen molar-refractivity contribution < 1.29 is 4.74 Å². The van der Waals surface area contributed by atoms with E-state index >= 15 is 0 Å². The minimum absolute atomic E-state index is 0.314. The van der Waals surface area contributed by atoms with Gasteiger partial charge in [0.15, 0.2) is 0 Å².